The van der Waals surface area contributed by atoms with Gasteiger partial charge in [0, 0.05) is 0 Å². The molecule has 0 atom stereocenters. The van der Waals surface area contributed by atoms with E-state index in [1.54, 1.807) is 25.1 Å². The number of aromatic carboxylic acids is 1. The van der Waals surface area contributed by atoms with Gasteiger partial charge in [-0.1, -0.05) is 12.1 Å². The lowest BCUT2D eigenvalue weighted by Crippen LogP contribution is -2.01. The third kappa shape index (κ3) is 3.99. The Morgan fingerprint density at radius 1 is 1.05 bits per heavy atom. The molecule has 0 aliphatic heterocycles. The van der Waals surface area contributed by atoms with Crippen LogP contribution in [-0.2, 0) is 6.61 Å². The van der Waals surface area contributed by atoms with Crippen molar-refractivity contribution in [2.45, 2.75) is 20.5 Å². The molecule has 0 bridgehead atoms. The van der Waals surface area contributed by atoms with Gasteiger partial charge in [-0.25, -0.2) is 4.79 Å². The maximum absolute atomic E-state index is 10.9. The summed E-state index contributed by atoms with van der Waals surface area (Å²) in [6.07, 6.45) is 0. The van der Waals surface area contributed by atoms with Gasteiger partial charge in [-0.15, -0.1) is 0 Å². The number of ether oxygens (including phenoxy) is 2. The smallest absolute Gasteiger partial charge is 0.335 e. The van der Waals surface area contributed by atoms with Gasteiger partial charge in [-0.2, -0.15) is 0 Å². The van der Waals surface area contributed by atoms with Crippen molar-refractivity contribution in [3.05, 3.63) is 59.2 Å². The van der Waals surface area contributed by atoms with Crippen LogP contribution < -0.4 is 9.47 Å². The quantitative estimate of drug-likeness (QED) is 0.880. The Balaban J connectivity index is 1.99. The Morgan fingerprint density at radius 3 is 2.29 bits per heavy atom. The fourth-order valence-corrected chi connectivity index (χ4v) is 1.98. The van der Waals surface area contributed by atoms with E-state index in [1.807, 2.05) is 31.2 Å². The van der Waals surface area contributed by atoms with Crippen LogP contribution in [0.15, 0.2) is 42.5 Å². The molecule has 2 aromatic rings. The molecule has 1 N–H and O–H groups in total. The van der Waals surface area contributed by atoms with Crippen LogP contribution in [0, 0.1) is 6.92 Å². The standard InChI is InChI=1S/C17H18O4/c1-3-20-14-6-4-13(5-7-14)11-21-15-8-9-16(17(18)19)12(2)10-15/h4-10H,3,11H2,1-2H3,(H,18,19). The van der Waals surface area contributed by atoms with Gasteiger partial charge in [0.05, 0.1) is 12.2 Å². The fraction of sp³-hybridized carbons (Fsp3) is 0.235. The number of benzene rings is 2. The number of aryl methyl sites for hydroxylation is 1. The van der Waals surface area contributed by atoms with Crippen molar-refractivity contribution in [3.8, 4) is 11.5 Å². The normalized spacial score (nSPS) is 10.2. The number of rotatable bonds is 6. The second kappa shape index (κ2) is 6.79. The molecular formula is C17H18O4. The molecule has 2 rings (SSSR count). The van der Waals surface area contributed by atoms with Crippen molar-refractivity contribution >= 4 is 5.97 Å². The summed E-state index contributed by atoms with van der Waals surface area (Å²) >= 11 is 0. The first kappa shape index (κ1) is 14.9. The predicted molar refractivity (Wildman–Crippen MR) is 80.1 cm³/mol. The second-order valence-corrected chi connectivity index (χ2v) is 4.65. The van der Waals surface area contributed by atoms with Crippen LogP contribution in [0.2, 0.25) is 0 Å². The highest BCUT2D eigenvalue weighted by Gasteiger charge is 2.07. The summed E-state index contributed by atoms with van der Waals surface area (Å²) in [6.45, 7) is 4.77. The van der Waals surface area contributed by atoms with E-state index in [-0.39, 0.29) is 0 Å². The molecule has 4 nitrogen and oxygen atoms in total. The summed E-state index contributed by atoms with van der Waals surface area (Å²) in [5, 5.41) is 8.98. The summed E-state index contributed by atoms with van der Waals surface area (Å²) in [5.74, 6) is 0.569. The second-order valence-electron chi connectivity index (χ2n) is 4.65. The third-order valence-corrected chi connectivity index (χ3v) is 3.07. The van der Waals surface area contributed by atoms with Crippen molar-refractivity contribution in [3.63, 3.8) is 0 Å². The summed E-state index contributed by atoms with van der Waals surface area (Å²) < 4.78 is 11.1. The van der Waals surface area contributed by atoms with E-state index in [2.05, 4.69) is 0 Å². The van der Waals surface area contributed by atoms with Gasteiger partial charge in [0.15, 0.2) is 0 Å². The van der Waals surface area contributed by atoms with E-state index < -0.39 is 5.97 Å². The first-order valence-corrected chi connectivity index (χ1v) is 6.78. The Kier molecular flexibility index (Phi) is 4.82. The zero-order chi connectivity index (χ0) is 15.2. The Labute approximate surface area is 123 Å². The van der Waals surface area contributed by atoms with E-state index in [4.69, 9.17) is 14.6 Å². The minimum atomic E-state index is -0.925. The average Bonchev–Trinajstić information content (AvgIpc) is 2.46. The first-order valence-electron chi connectivity index (χ1n) is 6.78. The Morgan fingerprint density at radius 2 is 1.71 bits per heavy atom. The first-order chi connectivity index (χ1) is 10.1. The van der Waals surface area contributed by atoms with Crippen molar-refractivity contribution < 1.29 is 19.4 Å². The molecule has 0 saturated heterocycles. The molecule has 0 saturated carbocycles. The van der Waals surface area contributed by atoms with Crippen LogP contribution in [0.3, 0.4) is 0 Å². The SMILES string of the molecule is CCOc1ccc(COc2ccc(C(=O)O)c(C)c2)cc1. The van der Waals surface area contributed by atoms with E-state index in [0.717, 1.165) is 11.3 Å². The van der Waals surface area contributed by atoms with Crippen LogP contribution in [-0.4, -0.2) is 17.7 Å². The van der Waals surface area contributed by atoms with E-state index in [0.29, 0.717) is 30.1 Å². The topological polar surface area (TPSA) is 55.8 Å². The molecule has 21 heavy (non-hydrogen) atoms. The van der Waals surface area contributed by atoms with Gasteiger partial charge >= 0.3 is 5.97 Å². The van der Waals surface area contributed by atoms with Crippen LogP contribution in [0.1, 0.15) is 28.4 Å². The third-order valence-electron chi connectivity index (χ3n) is 3.07. The summed E-state index contributed by atoms with van der Waals surface area (Å²) in [4.78, 5) is 10.9. The zero-order valence-corrected chi connectivity index (χ0v) is 12.1. The highest BCUT2D eigenvalue weighted by molar-refractivity contribution is 5.89. The number of hydrogen-bond acceptors (Lipinski definition) is 3. The van der Waals surface area contributed by atoms with E-state index in [1.165, 1.54) is 0 Å². The van der Waals surface area contributed by atoms with Crippen LogP contribution >= 0.6 is 0 Å². The Hall–Kier alpha value is -2.49. The summed E-state index contributed by atoms with van der Waals surface area (Å²) in [7, 11) is 0. The van der Waals surface area contributed by atoms with Crippen molar-refractivity contribution in [1.29, 1.82) is 0 Å². The number of carboxylic acids is 1. The minimum Gasteiger partial charge on any atom is -0.494 e. The zero-order valence-electron chi connectivity index (χ0n) is 12.1. The number of hydrogen-bond donors (Lipinski definition) is 1. The molecule has 0 fully saturated rings. The molecule has 0 radical (unpaired) electrons. The van der Waals surface area contributed by atoms with E-state index in [9.17, 15) is 4.79 Å². The molecule has 0 aliphatic carbocycles. The molecule has 2 aromatic carbocycles. The highest BCUT2D eigenvalue weighted by atomic mass is 16.5. The largest absolute Gasteiger partial charge is 0.494 e. The lowest BCUT2D eigenvalue weighted by molar-refractivity contribution is 0.0696. The lowest BCUT2D eigenvalue weighted by Gasteiger charge is -2.09. The molecule has 0 spiro atoms. The highest BCUT2D eigenvalue weighted by Crippen LogP contribution is 2.19. The van der Waals surface area contributed by atoms with Crippen LogP contribution in [0.5, 0.6) is 11.5 Å². The molecule has 0 aliphatic rings. The maximum atomic E-state index is 10.9. The van der Waals surface area contributed by atoms with E-state index >= 15 is 0 Å². The molecule has 0 unspecified atom stereocenters. The van der Waals surface area contributed by atoms with Crippen molar-refractivity contribution in [1.82, 2.24) is 0 Å². The molecule has 0 heterocycles. The number of carboxylic acid groups (broad SMARTS) is 1. The molecule has 0 aromatic heterocycles. The maximum Gasteiger partial charge on any atom is 0.335 e. The lowest BCUT2D eigenvalue weighted by atomic mass is 10.1. The van der Waals surface area contributed by atoms with Crippen molar-refractivity contribution in [2.75, 3.05) is 6.61 Å². The van der Waals surface area contributed by atoms with Gasteiger partial charge < -0.3 is 14.6 Å². The van der Waals surface area contributed by atoms with Gasteiger partial charge in [0.1, 0.15) is 18.1 Å². The molecular weight excluding hydrogens is 268 g/mol. The summed E-state index contributed by atoms with van der Waals surface area (Å²) in [6, 6.07) is 12.7. The monoisotopic (exact) mass is 286 g/mol. The van der Waals surface area contributed by atoms with Gasteiger partial charge in [0.25, 0.3) is 0 Å². The van der Waals surface area contributed by atoms with Crippen LogP contribution in [0.25, 0.3) is 0 Å². The Bertz CT molecular complexity index is 617. The van der Waals surface area contributed by atoms with Gasteiger partial charge in [-0.3, -0.25) is 0 Å². The van der Waals surface area contributed by atoms with Gasteiger partial charge in [-0.05, 0) is 55.3 Å². The molecule has 110 valence electrons. The van der Waals surface area contributed by atoms with Crippen LogP contribution in [0.4, 0.5) is 0 Å². The minimum absolute atomic E-state index is 0.295. The average molecular weight is 286 g/mol. The summed E-state index contributed by atoms with van der Waals surface area (Å²) in [5.41, 5.74) is 2.01. The van der Waals surface area contributed by atoms with Gasteiger partial charge in [0.2, 0.25) is 0 Å². The number of carbonyl (C=O) groups is 1. The molecule has 4 heteroatoms. The molecule has 0 amide bonds. The predicted octanol–water partition coefficient (Wildman–Crippen LogP) is 3.67. The fourth-order valence-electron chi connectivity index (χ4n) is 1.98. The van der Waals surface area contributed by atoms with Crippen molar-refractivity contribution in [2.24, 2.45) is 0 Å².